The summed E-state index contributed by atoms with van der Waals surface area (Å²) in [6, 6.07) is -0.832. The minimum atomic E-state index is -0.970. The molecule has 0 fully saturated rings. The van der Waals surface area contributed by atoms with Crippen molar-refractivity contribution >= 4 is 11.9 Å². The first-order chi connectivity index (χ1) is 8.23. The summed E-state index contributed by atoms with van der Waals surface area (Å²) < 4.78 is 0. The lowest BCUT2D eigenvalue weighted by atomic mass is 9.86. The monoisotopic (exact) mass is 257 g/mol. The van der Waals surface area contributed by atoms with Crippen LogP contribution in [0.3, 0.4) is 0 Å². The number of aliphatic carboxylic acids is 1. The molecule has 106 valence electrons. The average Bonchev–Trinajstić information content (AvgIpc) is 2.23. The van der Waals surface area contributed by atoms with Crippen molar-refractivity contribution in [2.24, 2.45) is 11.3 Å². The number of carbonyl (C=O) groups is 2. The highest BCUT2D eigenvalue weighted by atomic mass is 16.4. The molecule has 0 aliphatic carbocycles. The Balaban J connectivity index is 4.71. The van der Waals surface area contributed by atoms with E-state index in [2.05, 4.69) is 5.32 Å². The number of amides is 1. The van der Waals surface area contributed by atoms with E-state index in [1.54, 1.807) is 0 Å². The van der Waals surface area contributed by atoms with Gasteiger partial charge in [0, 0.05) is 5.92 Å². The smallest absolute Gasteiger partial charge is 0.326 e. The SMILES string of the molecule is CCCC(CCC)C(=O)N[C@H](C(=O)O)C(C)(C)C. The van der Waals surface area contributed by atoms with Gasteiger partial charge in [-0.05, 0) is 18.3 Å². The molecule has 0 bridgehead atoms. The van der Waals surface area contributed by atoms with Gasteiger partial charge in [-0.3, -0.25) is 4.79 Å². The fraction of sp³-hybridized carbons (Fsp3) is 0.857. The summed E-state index contributed by atoms with van der Waals surface area (Å²) in [7, 11) is 0. The molecule has 0 aliphatic heterocycles. The molecular formula is C14H27NO3. The van der Waals surface area contributed by atoms with E-state index in [-0.39, 0.29) is 11.8 Å². The van der Waals surface area contributed by atoms with E-state index in [0.717, 1.165) is 25.7 Å². The van der Waals surface area contributed by atoms with Crippen molar-refractivity contribution in [2.75, 3.05) is 0 Å². The van der Waals surface area contributed by atoms with Gasteiger partial charge < -0.3 is 10.4 Å². The molecular weight excluding hydrogens is 230 g/mol. The Morgan fingerprint density at radius 2 is 1.56 bits per heavy atom. The van der Waals surface area contributed by atoms with Gasteiger partial charge in [-0.25, -0.2) is 4.79 Å². The highest BCUT2D eigenvalue weighted by Crippen LogP contribution is 2.21. The van der Waals surface area contributed by atoms with Crippen LogP contribution in [0, 0.1) is 11.3 Å². The standard InChI is InChI=1S/C14H27NO3/c1-6-8-10(9-7-2)12(16)15-11(13(17)18)14(3,4)5/h10-11H,6-9H2,1-5H3,(H,15,16)(H,17,18)/t11-/m1/s1. The molecule has 0 saturated carbocycles. The highest BCUT2D eigenvalue weighted by Gasteiger charge is 2.33. The number of nitrogens with one attached hydrogen (secondary N) is 1. The largest absolute Gasteiger partial charge is 0.480 e. The Morgan fingerprint density at radius 1 is 1.11 bits per heavy atom. The second-order valence-electron chi connectivity index (χ2n) is 5.92. The molecule has 0 aromatic rings. The minimum absolute atomic E-state index is 0.0656. The zero-order valence-corrected chi connectivity index (χ0v) is 12.2. The summed E-state index contributed by atoms with van der Waals surface area (Å²) in [5.74, 6) is -1.16. The zero-order valence-electron chi connectivity index (χ0n) is 12.2. The first-order valence-electron chi connectivity index (χ1n) is 6.77. The van der Waals surface area contributed by atoms with Crippen molar-refractivity contribution in [2.45, 2.75) is 66.3 Å². The molecule has 0 radical (unpaired) electrons. The molecule has 0 unspecified atom stereocenters. The predicted octanol–water partition coefficient (Wildman–Crippen LogP) is 2.82. The van der Waals surface area contributed by atoms with Crippen LogP contribution < -0.4 is 5.32 Å². The van der Waals surface area contributed by atoms with E-state index < -0.39 is 17.4 Å². The number of hydrogen-bond acceptors (Lipinski definition) is 2. The zero-order chi connectivity index (χ0) is 14.3. The van der Waals surface area contributed by atoms with Crippen LogP contribution in [0.1, 0.15) is 60.3 Å². The molecule has 2 N–H and O–H groups in total. The number of carbonyl (C=O) groups excluding carboxylic acids is 1. The molecule has 0 aliphatic rings. The van der Waals surface area contributed by atoms with Gasteiger partial charge in [0.1, 0.15) is 6.04 Å². The molecule has 18 heavy (non-hydrogen) atoms. The maximum absolute atomic E-state index is 12.1. The van der Waals surface area contributed by atoms with E-state index >= 15 is 0 Å². The van der Waals surface area contributed by atoms with Gasteiger partial charge in [-0.15, -0.1) is 0 Å². The van der Waals surface area contributed by atoms with E-state index in [0.29, 0.717) is 0 Å². The molecule has 4 heteroatoms. The Hall–Kier alpha value is -1.06. The second kappa shape index (κ2) is 7.39. The molecule has 0 saturated heterocycles. The third kappa shape index (κ3) is 5.52. The first kappa shape index (κ1) is 16.9. The summed E-state index contributed by atoms with van der Waals surface area (Å²) in [6.07, 6.45) is 3.50. The third-order valence-corrected chi connectivity index (χ3v) is 3.04. The van der Waals surface area contributed by atoms with E-state index in [9.17, 15) is 14.7 Å². The van der Waals surface area contributed by atoms with Crippen LogP contribution in [0.4, 0.5) is 0 Å². The molecule has 0 heterocycles. The quantitative estimate of drug-likeness (QED) is 0.737. The van der Waals surface area contributed by atoms with E-state index in [1.165, 1.54) is 0 Å². The minimum Gasteiger partial charge on any atom is -0.480 e. The Labute approximate surface area is 110 Å². The van der Waals surface area contributed by atoms with Gasteiger partial charge in [0.05, 0.1) is 0 Å². The van der Waals surface area contributed by atoms with Crippen LogP contribution in [-0.2, 0) is 9.59 Å². The van der Waals surface area contributed by atoms with Gasteiger partial charge in [0.2, 0.25) is 5.91 Å². The van der Waals surface area contributed by atoms with Crippen LogP contribution >= 0.6 is 0 Å². The van der Waals surface area contributed by atoms with Crippen molar-refractivity contribution in [3.8, 4) is 0 Å². The summed E-state index contributed by atoms with van der Waals surface area (Å²) in [6.45, 7) is 9.53. The van der Waals surface area contributed by atoms with Gasteiger partial charge in [0.25, 0.3) is 0 Å². The van der Waals surface area contributed by atoms with Crippen LogP contribution in [-0.4, -0.2) is 23.0 Å². The van der Waals surface area contributed by atoms with Crippen molar-refractivity contribution in [1.29, 1.82) is 0 Å². The summed E-state index contributed by atoms with van der Waals surface area (Å²) in [5, 5.41) is 11.9. The molecule has 1 atom stereocenters. The highest BCUT2D eigenvalue weighted by molar-refractivity contribution is 5.85. The topological polar surface area (TPSA) is 66.4 Å². The first-order valence-corrected chi connectivity index (χ1v) is 6.77. The Bertz CT molecular complexity index is 275. The van der Waals surface area contributed by atoms with Crippen molar-refractivity contribution in [3.05, 3.63) is 0 Å². The fourth-order valence-electron chi connectivity index (χ4n) is 2.01. The van der Waals surface area contributed by atoms with E-state index in [1.807, 2.05) is 34.6 Å². The lowest BCUT2D eigenvalue weighted by Gasteiger charge is -2.29. The Morgan fingerprint density at radius 3 is 1.83 bits per heavy atom. The predicted molar refractivity (Wildman–Crippen MR) is 72.3 cm³/mol. The molecule has 0 aromatic heterocycles. The number of hydrogen-bond donors (Lipinski definition) is 2. The van der Waals surface area contributed by atoms with Crippen LogP contribution in [0.2, 0.25) is 0 Å². The van der Waals surface area contributed by atoms with Gasteiger partial charge in [0.15, 0.2) is 0 Å². The number of carboxylic acids is 1. The average molecular weight is 257 g/mol. The molecule has 0 aromatic carbocycles. The molecule has 1 amide bonds. The van der Waals surface area contributed by atoms with Crippen molar-refractivity contribution < 1.29 is 14.7 Å². The fourth-order valence-corrected chi connectivity index (χ4v) is 2.01. The summed E-state index contributed by atoms with van der Waals surface area (Å²) in [5.41, 5.74) is -0.482. The van der Waals surface area contributed by atoms with Crippen molar-refractivity contribution in [1.82, 2.24) is 5.32 Å². The lowest BCUT2D eigenvalue weighted by Crippen LogP contribution is -2.50. The molecule has 0 rings (SSSR count). The molecule has 4 nitrogen and oxygen atoms in total. The van der Waals surface area contributed by atoms with Crippen molar-refractivity contribution in [3.63, 3.8) is 0 Å². The number of carboxylic acid groups (broad SMARTS) is 1. The number of rotatable bonds is 7. The van der Waals surface area contributed by atoms with Gasteiger partial charge in [-0.1, -0.05) is 47.5 Å². The second-order valence-corrected chi connectivity index (χ2v) is 5.92. The maximum atomic E-state index is 12.1. The normalized spacial score (nSPS) is 13.4. The van der Waals surface area contributed by atoms with Crippen LogP contribution in [0.25, 0.3) is 0 Å². The van der Waals surface area contributed by atoms with E-state index in [4.69, 9.17) is 0 Å². The summed E-state index contributed by atoms with van der Waals surface area (Å²) in [4.78, 5) is 23.3. The lowest BCUT2D eigenvalue weighted by molar-refractivity contribution is -0.145. The maximum Gasteiger partial charge on any atom is 0.326 e. The third-order valence-electron chi connectivity index (χ3n) is 3.04. The van der Waals surface area contributed by atoms with Gasteiger partial charge in [-0.2, -0.15) is 0 Å². The molecule has 0 spiro atoms. The van der Waals surface area contributed by atoms with Crippen LogP contribution in [0.15, 0.2) is 0 Å². The Kier molecular flexibility index (Phi) is 6.96. The van der Waals surface area contributed by atoms with Crippen LogP contribution in [0.5, 0.6) is 0 Å². The van der Waals surface area contributed by atoms with Gasteiger partial charge >= 0.3 is 5.97 Å². The summed E-state index contributed by atoms with van der Waals surface area (Å²) >= 11 is 0.